The molecule has 0 radical (unpaired) electrons. The van der Waals surface area contributed by atoms with Gasteiger partial charge in [-0.25, -0.2) is 4.68 Å². The molecule has 0 spiro atoms. The molecule has 7 heteroatoms. The molecule has 0 amide bonds. The quantitative estimate of drug-likeness (QED) is 0.877. The van der Waals surface area contributed by atoms with Crippen molar-refractivity contribution in [3.8, 4) is 5.75 Å². The first-order valence-corrected chi connectivity index (χ1v) is 8.37. The van der Waals surface area contributed by atoms with Crippen LogP contribution in [0.3, 0.4) is 0 Å². The molecule has 24 heavy (non-hydrogen) atoms. The van der Waals surface area contributed by atoms with E-state index in [1.54, 1.807) is 17.1 Å². The third-order valence-corrected chi connectivity index (χ3v) is 4.64. The van der Waals surface area contributed by atoms with Gasteiger partial charge in [0.15, 0.2) is 0 Å². The Morgan fingerprint density at radius 2 is 2.12 bits per heavy atom. The van der Waals surface area contributed by atoms with E-state index in [1.807, 2.05) is 12.1 Å². The van der Waals surface area contributed by atoms with Gasteiger partial charge in [0.2, 0.25) is 0 Å². The Kier molecular flexibility index (Phi) is 4.46. The first-order chi connectivity index (χ1) is 11.8. The van der Waals surface area contributed by atoms with Crippen molar-refractivity contribution in [1.29, 1.82) is 0 Å². The molecule has 0 saturated carbocycles. The molecule has 3 atom stereocenters. The van der Waals surface area contributed by atoms with Crippen molar-refractivity contribution in [2.24, 2.45) is 0 Å². The van der Waals surface area contributed by atoms with Crippen LogP contribution < -0.4 is 4.74 Å². The number of β-amino-alcohol motifs (C(OH)–C–C–N with tert-alkyl or cyclic N) is 1. The van der Waals surface area contributed by atoms with Gasteiger partial charge in [-0.3, -0.25) is 4.90 Å². The predicted octanol–water partition coefficient (Wildman–Crippen LogP) is 0.864. The van der Waals surface area contributed by atoms with Gasteiger partial charge in [-0.05, 0) is 17.7 Å². The molecule has 2 aliphatic rings. The van der Waals surface area contributed by atoms with Gasteiger partial charge in [0.05, 0.1) is 31.6 Å². The third kappa shape index (κ3) is 3.43. The lowest BCUT2D eigenvalue weighted by Gasteiger charge is -2.16. The fourth-order valence-electron chi connectivity index (χ4n) is 3.36. The number of benzene rings is 1. The highest BCUT2D eigenvalue weighted by Crippen LogP contribution is 2.24. The summed E-state index contributed by atoms with van der Waals surface area (Å²) in [5.41, 5.74) is 1.21. The van der Waals surface area contributed by atoms with E-state index in [9.17, 15) is 5.11 Å². The molecule has 2 saturated heterocycles. The summed E-state index contributed by atoms with van der Waals surface area (Å²) in [6.45, 7) is 3.67. The van der Waals surface area contributed by atoms with Crippen molar-refractivity contribution < 1.29 is 14.6 Å². The van der Waals surface area contributed by atoms with Gasteiger partial charge in [-0.1, -0.05) is 17.3 Å². The molecule has 7 nitrogen and oxygen atoms in total. The number of aromatic nitrogens is 3. The van der Waals surface area contributed by atoms with Crippen molar-refractivity contribution in [3.63, 3.8) is 0 Å². The summed E-state index contributed by atoms with van der Waals surface area (Å²) >= 11 is 0. The molecule has 2 aliphatic heterocycles. The van der Waals surface area contributed by atoms with Gasteiger partial charge in [-0.2, -0.15) is 0 Å². The van der Waals surface area contributed by atoms with E-state index in [2.05, 4.69) is 27.3 Å². The summed E-state index contributed by atoms with van der Waals surface area (Å²) in [5.74, 6) is 0.885. The summed E-state index contributed by atoms with van der Waals surface area (Å²) in [6, 6.07) is 8.16. The monoisotopic (exact) mass is 330 g/mol. The van der Waals surface area contributed by atoms with Crippen LogP contribution in [0.15, 0.2) is 36.7 Å². The Morgan fingerprint density at radius 1 is 1.25 bits per heavy atom. The van der Waals surface area contributed by atoms with Crippen LogP contribution in [0.1, 0.15) is 18.0 Å². The minimum Gasteiger partial charge on any atom is -0.488 e. The molecule has 128 valence electrons. The van der Waals surface area contributed by atoms with E-state index < -0.39 is 6.10 Å². The molecule has 1 aromatic carbocycles. The largest absolute Gasteiger partial charge is 0.488 e. The number of aliphatic hydroxyl groups excluding tert-OH is 1. The molecule has 2 aromatic rings. The molecule has 0 bridgehead atoms. The van der Waals surface area contributed by atoms with E-state index in [-0.39, 0.29) is 12.1 Å². The van der Waals surface area contributed by atoms with E-state index in [1.165, 1.54) is 5.56 Å². The second-order valence-corrected chi connectivity index (χ2v) is 6.46. The molecule has 2 fully saturated rings. The number of aliphatic hydroxyl groups is 1. The second kappa shape index (κ2) is 6.88. The molecule has 1 N–H and O–H groups in total. The molecule has 1 aromatic heterocycles. The van der Waals surface area contributed by atoms with Crippen LogP contribution in [0.5, 0.6) is 5.75 Å². The van der Waals surface area contributed by atoms with Crippen LogP contribution in [0.4, 0.5) is 0 Å². The van der Waals surface area contributed by atoms with E-state index in [4.69, 9.17) is 9.47 Å². The number of nitrogens with zero attached hydrogens (tertiary/aromatic N) is 4. The van der Waals surface area contributed by atoms with Crippen molar-refractivity contribution in [1.82, 2.24) is 19.9 Å². The molecule has 4 rings (SSSR count). The molecular weight excluding hydrogens is 308 g/mol. The Hall–Kier alpha value is -1.96. The average Bonchev–Trinajstić information content (AvgIpc) is 3.32. The third-order valence-electron chi connectivity index (χ3n) is 4.64. The van der Waals surface area contributed by atoms with Gasteiger partial charge in [0.25, 0.3) is 0 Å². The highest BCUT2D eigenvalue weighted by atomic mass is 16.5. The Morgan fingerprint density at radius 3 is 2.83 bits per heavy atom. The van der Waals surface area contributed by atoms with Crippen molar-refractivity contribution in [2.45, 2.75) is 31.2 Å². The van der Waals surface area contributed by atoms with Crippen molar-refractivity contribution in [2.75, 3.05) is 26.3 Å². The molecule has 1 unspecified atom stereocenters. The predicted molar refractivity (Wildman–Crippen MR) is 86.6 cm³/mol. The maximum atomic E-state index is 10.3. The van der Waals surface area contributed by atoms with Crippen LogP contribution >= 0.6 is 0 Å². The van der Waals surface area contributed by atoms with Crippen molar-refractivity contribution in [3.05, 3.63) is 42.2 Å². The summed E-state index contributed by atoms with van der Waals surface area (Å²) < 4.78 is 13.0. The smallest absolute Gasteiger partial charge is 0.124 e. The Bertz CT molecular complexity index is 640. The fourth-order valence-corrected chi connectivity index (χ4v) is 3.36. The zero-order valence-corrected chi connectivity index (χ0v) is 13.5. The lowest BCUT2D eigenvalue weighted by molar-refractivity contribution is 0.138. The standard InChI is InChI=1S/C17H22N4O3/c22-17-11-20(10-16(17)21-7-6-18-19-21)9-13-1-3-14(4-2-13)24-15-5-8-23-12-15/h1-4,6-7,15-17,22H,5,8-12H2/t15?,16-,17-/m1/s1. The lowest BCUT2D eigenvalue weighted by atomic mass is 10.2. The zero-order valence-electron chi connectivity index (χ0n) is 13.5. The number of ether oxygens (including phenoxy) is 2. The van der Waals surface area contributed by atoms with Crippen LogP contribution in [0.25, 0.3) is 0 Å². The summed E-state index contributed by atoms with van der Waals surface area (Å²) in [5, 5.41) is 18.1. The van der Waals surface area contributed by atoms with Gasteiger partial charge in [0.1, 0.15) is 11.9 Å². The van der Waals surface area contributed by atoms with E-state index >= 15 is 0 Å². The van der Waals surface area contributed by atoms with Crippen LogP contribution in [-0.4, -0.2) is 63.5 Å². The van der Waals surface area contributed by atoms with Gasteiger partial charge in [-0.15, -0.1) is 5.10 Å². The molecular formula is C17H22N4O3. The van der Waals surface area contributed by atoms with Crippen molar-refractivity contribution >= 4 is 0 Å². The lowest BCUT2D eigenvalue weighted by Crippen LogP contribution is -2.22. The Labute approximate surface area is 140 Å². The van der Waals surface area contributed by atoms with Gasteiger partial charge >= 0.3 is 0 Å². The maximum absolute atomic E-state index is 10.3. The molecule has 3 heterocycles. The summed E-state index contributed by atoms with van der Waals surface area (Å²) in [7, 11) is 0. The SMILES string of the molecule is O[C@@H]1CN(Cc2ccc(OC3CCOC3)cc2)C[C@H]1n1ccnn1. The van der Waals surface area contributed by atoms with Crippen LogP contribution in [0.2, 0.25) is 0 Å². The maximum Gasteiger partial charge on any atom is 0.124 e. The van der Waals surface area contributed by atoms with Gasteiger partial charge in [0, 0.05) is 32.3 Å². The first kappa shape index (κ1) is 15.6. The minimum atomic E-state index is -0.420. The first-order valence-electron chi connectivity index (χ1n) is 8.37. The number of hydrogen-bond donors (Lipinski definition) is 1. The zero-order chi connectivity index (χ0) is 16.4. The second-order valence-electron chi connectivity index (χ2n) is 6.46. The highest BCUT2D eigenvalue weighted by Gasteiger charge is 2.33. The number of rotatable bonds is 5. The van der Waals surface area contributed by atoms with Crippen LogP contribution in [-0.2, 0) is 11.3 Å². The summed E-state index contributed by atoms with van der Waals surface area (Å²) in [4.78, 5) is 2.23. The minimum absolute atomic E-state index is 0.0301. The van der Waals surface area contributed by atoms with E-state index in [0.717, 1.165) is 31.9 Å². The number of likely N-dealkylation sites (tertiary alicyclic amines) is 1. The van der Waals surface area contributed by atoms with E-state index in [0.29, 0.717) is 13.2 Å². The summed E-state index contributed by atoms with van der Waals surface area (Å²) in [6.07, 6.45) is 4.15. The fraction of sp³-hybridized carbons (Fsp3) is 0.529. The topological polar surface area (TPSA) is 72.6 Å². The molecule has 0 aliphatic carbocycles. The number of hydrogen-bond acceptors (Lipinski definition) is 6. The average molecular weight is 330 g/mol. The normalized spacial score (nSPS) is 27.6. The van der Waals surface area contributed by atoms with Crippen LogP contribution in [0, 0.1) is 0 Å². The Balaban J connectivity index is 1.34. The highest BCUT2D eigenvalue weighted by molar-refractivity contribution is 5.27. The van der Waals surface area contributed by atoms with Gasteiger partial charge < -0.3 is 14.6 Å².